The summed E-state index contributed by atoms with van der Waals surface area (Å²) < 4.78 is 28.7. The van der Waals surface area contributed by atoms with E-state index in [0.717, 1.165) is 21.9 Å². The lowest BCUT2D eigenvalue weighted by molar-refractivity contribution is -0.139. The van der Waals surface area contributed by atoms with Crippen molar-refractivity contribution in [2.75, 3.05) is 17.4 Å². The maximum Gasteiger partial charge on any atom is 0.264 e. The quantitative estimate of drug-likeness (QED) is 0.372. The van der Waals surface area contributed by atoms with Gasteiger partial charge in [0.05, 0.1) is 10.6 Å². The molecule has 0 spiro atoms. The Bertz CT molecular complexity index is 1340. The van der Waals surface area contributed by atoms with Crippen LogP contribution in [0.4, 0.5) is 5.69 Å². The zero-order valence-electron chi connectivity index (χ0n) is 23.4. The Hall–Kier alpha value is -3.65. The second kappa shape index (κ2) is 12.9. The number of aryl methyl sites for hydroxylation is 1. The first-order valence-electron chi connectivity index (χ1n) is 13.2. The minimum absolute atomic E-state index is 0.0896. The molecule has 0 saturated carbocycles. The van der Waals surface area contributed by atoms with E-state index >= 15 is 0 Å². The fraction of sp³-hybridized carbons (Fsp3) is 0.355. The minimum atomic E-state index is -4.06. The molecule has 0 saturated heterocycles. The smallest absolute Gasteiger partial charge is 0.264 e. The van der Waals surface area contributed by atoms with Crippen LogP contribution in [0.2, 0.25) is 0 Å². The normalized spacial score (nSPS) is 12.4. The Balaban J connectivity index is 1.97. The zero-order valence-corrected chi connectivity index (χ0v) is 24.2. The molecule has 1 N–H and O–H groups in total. The highest BCUT2D eigenvalue weighted by Crippen LogP contribution is 2.25. The van der Waals surface area contributed by atoms with Gasteiger partial charge in [0, 0.05) is 12.1 Å². The second-order valence-electron chi connectivity index (χ2n) is 10.6. The molecule has 39 heavy (non-hydrogen) atoms. The lowest BCUT2D eigenvalue weighted by atomic mass is 10.1. The Morgan fingerprint density at radius 2 is 1.41 bits per heavy atom. The molecule has 1 unspecified atom stereocenters. The van der Waals surface area contributed by atoms with E-state index < -0.39 is 34.1 Å². The largest absolute Gasteiger partial charge is 0.350 e. The van der Waals surface area contributed by atoms with Gasteiger partial charge in [0.15, 0.2) is 0 Å². The van der Waals surface area contributed by atoms with Crippen molar-refractivity contribution in [1.29, 1.82) is 0 Å². The number of benzene rings is 3. The van der Waals surface area contributed by atoms with Gasteiger partial charge in [0.1, 0.15) is 12.6 Å². The van der Waals surface area contributed by atoms with Gasteiger partial charge in [-0.25, -0.2) is 8.42 Å². The topological polar surface area (TPSA) is 86.8 Å². The predicted molar refractivity (Wildman–Crippen MR) is 156 cm³/mol. The van der Waals surface area contributed by atoms with Crippen molar-refractivity contribution < 1.29 is 18.0 Å². The summed E-state index contributed by atoms with van der Waals surface area (Å²) in [6.07, 6.45) is 1.33. The van der Waals surface area contributed by atoms with Gasteiger partial charge in [-0.05, 0) is 75.9 Å². The molecule has 3 aromatic rings. The van der Waals surface area contributed by atoms with E-state index in [9.17, 15) is 18.0 Å². The van der Waals surface area contributed by atoms with Crippen molar-refractivity contribution in [3.05, 3.63) is 96.1 Å². The summed E-state index contributed by atoms with van der Waals surface area (Å²) in [5.74, 6) is -0.754. The van der Waals surface area contributed by atoms with Gasteiger partial charge < -0.3 is 10.2 Å². The maximum absolute atomic E-state index is 13.9. The third kappa shape index (κ3) is 8.17. The van der Waals surface area contributed by atoms with E-state index in [0.29, 0.717) is 12.1 Å². The average Bonchev–Trinajstić information content (AvgIpc) is 2.92. The molecule has 0 radical (unpaired) electrons. The maximum atomic E-state index is 13.9. The standard InChI is InChI=1S/C31H39N3O4S/c1-6-25-17-19-27(20-18-25)34(39(37,38)28-15-11-8-12-16-28)23-29(35)33(22-21-26-13-9-7-10-14-26)24(2)30(36)32-31(3,4)5/h7-20,24H,6,21-23H2,1-5H3,(H,32,36). The van der Waals surface area contributed by atoms with Gasteiger partial charge >= 0.3 is 0 Å². The van der Waals surface area contributed by atoms with Crippen molar-refractivity contribution in [2.24, 2.45) is 0 Å². The van der Waals surface area contributed by atoms with Crippen LogP contribution in [0.5, 0.6) is 0 Å². The molecule has 3 aromatic carbocycles. The third-order valence-electron chi connectivity index (χ3n) is 6.39. The van der Waals surface area contributed by atoms with E-state index in [2.05, 4.69) is 5.32 Å². The Labute approximate surface area is 232 Å². The summed E-state index contributed by atoms with van der Waals surface area (Å²) in [6, 6.07) is 24.1. The molecular formula is C31H39N3O4S. The first kappa shape index (κ1) is 29.9. The Morgan fingerprint density at radius 1 is 0.846 bits per heavy atom. The lowest BCUT2D eigenvalue weighted by Crippen LogP contribution is -2.55. The van der Waals surface area contributed by atoms with Crippen molar-refractivity contribution >= 4 is 27.5 Å². The van der Waals surface area contributed by atoms with Crippen molar-refractivity contribution in [3.63, 3.8) is 0 Å². The molecule has 2 amide bonds. The monoisotopic (exact) mass is 549 g/mol. The molecule has 0 aliphatic rings. The van der Waals surface area contributed by atoms with E-state index in [1.54, 1.807) is 37.3 Å². The fourth-order valence-corrected chi connectivity index (χ4v) is 5.63. The average molecular weight is 550 g/mol. The van der Waals surface area contributed by atoms with Crippen LogP contribution in [0, 0.1) is 0 Å². The molecule has 0 fully saturated rings. The van der Waals surface area contributed by atoms with Gasteiger partial charge in [-0.3, -0.25) is 13.9 Å². The number of rotatable bonds is 11. The van der Waals surface area contributed by atoms with Crippen molar-refractivity contribution in [2.45, 2.75) is 63.9 Å². The van der Waals surface area contributed by atoms with Crippen LogP contribution >= 0.6 is 0 Å². The van der Waals surface area contributed by atoms with Crippen molar-refractivity contribution in [3.8, 4) is 0 Å². The second-order valence-corrected chi connectivity index (χ2v) is 12.4. The van der Waals surface area contributed by atoms with E-state index in [4.69, 9.17) is 0 Å². The SMILES string of the molecule is CCc1ccc(N(CC(=O)N(CCc2ccccc2)C(C)C(=O)NC(C)(C)C)S(=O)(=O)c2ccccc2)cc1. The highest BCUT2D eigenvalue weighted by molar-refractivity contribution is 7.92. The molecule has 8 heteroatoms. The molecule has 7 nitrogen and oxygen atoms in total. The molecule has 0 bridgehead atoms. The van der Waals surface area contributed by atoms with Crippen LogP contribution in [0.15, 0.2) is 89.8 Å². The van der Waals surface area contributed by atoms with E-state index in [1.165, 1.54) is 17.0 Å². The number of hydrogen-bond donors (Lipinski definition) is 1. The predicted octanol–water partition coefficient (Wildman–Crippen LogP) is 4.82. The number of sulfonamides is 1. The van der Waals surface area contributed by atoms with Crippen LogP contribution in [0.25, 0.3) is 0 Å². The Morgan fingerprint density at radius 3 is 1.95 bits per heavy atom. The van der Waals surface area contributed by atoms with Crippen LogP contribution in [-0.2, 0) is 32.5 Å². The van der Waals surface area contributed by atoms with Gasteiger partial charge in [-0.1, -0.05) is 67.6 Å². The van der Waals surface area contributed by atoms with Crippen LogP contribution in [0.3, 0.4) is 0 Å². The number of nitrogens with one attached hydrogen (secondary N) is 1. The molecule has 0 aliphatic carbocycles. The summed E-state index contributed by atoms with van der Waals surface area (Å²) in [4.78, 5) is 28.6. The van der Waals surface area contributed by atoms with Gasteiger partial charge in [0.25, 0.3) is 10.0 Å². The van der Waals surface area contributed by atoms with E-state index in [1.807, 2.05) is 70.2 Å². The molecule has 0 heterocycles. The number of hydrogen-bond acceptors (Lipinski definition) is 4. The number of amides is 2. The summed E-state index contributed by atoms with van der Waals surface area (Å²) in [7, 11) is -4.06. The summed E-state index contributed by atoms with van der Waals surface area (Å²) in [5, 5.41) is 2.94. The van der Waals surface area contributed by atoms with E-state index in [-0.39, 0.29) is 17.3 Å². The van der Waals surface area contributed by atoms with Gasteiger partial charge in [-0.15, -0.1) is 0 Å². The molecule has 3 rings (SSSR count). The minimum Gasteiger partial charge on any atom is -0.350 e. The first-order chi connectivity index (χ1) is 18.4. The first-order valence-corrected chi connectivity index (χ1v) is 14.7. The molecule has 1 atom stereocenters. The third-order valence-corrected chi connectivity index (χ3v) is 8.18. The summed E-state index contributed by atoms with van der Waals surface area (Å²) in [5.41, 5.74) is 1.98. The number of anilines is 1. The molecule has 0 aromatic heterocycles. The molecular weight excluding hydrogens is 510 g/mol. The molecule has 0 aliphatic heterocycles. The zero-order chi connectivity index (χ0) is 28.6. The summed E-state index contributed by atoms with van der Waals surface area (Å²) in [6.45, 7) is 9.15. The van der Waals surface area contributed by atoms with Crippen LogP contribution in [-0.4, -0.2) is 49.8 Å². The fourth-order valence-electron chi connectivity index (χ4n) is 4.19. The molecule has 208 valence electrons. The summed E-state index contributed by atoms with van der Waals surface area (Å²) >= 11 is 0. The Kier molecular flexibility index (Phi) is 9.92. The van der Waals surface area contributed by atoms with Gasteiger partial charge in [0.2, 0.25) is 11.8 Å². The highest BCUT2D eigenvalue weighted by atomic mass is 32.2. The number of nitrogens with zero attached hydrogens (tertiary/aromatic N) is 2. The lowest BCUT2D eigenvalue weighted by Gasteiger charge is -2.33. The number of carbonyl (C=O) groups excluding carboxylic acids is 2. The van der Waals surface area contributed by atoms with Gasteiger partial charge in [-0.2, -0.15) is 0 Å². The van der Waals surface area contributed by atoms with Crippen LogP contribution in [0.1, 0.15) is 45.7 Å². The van der Waals surface area contributed by atoms with Crippen molar-refractivity contribution in [1.82, 2.24) is 10.2 Å². The van der Waals surface area contributed by atoms with Crippen LogP contribution < -0.4 is 9.62 Å². The number of carbonyl (C=O) groups is 2. The highest BCUT2D eigenvalue weighted by Gasteiger charge is 2.33.